The normalized spacial score (nSPS) is 23.9. The van der Waals surface area contributed by atoms with E-state index in [-0.39, 0.29) is 29.7 Å². The molecule has 3 heterocycles. The van der Waals surface area contributed by atoms with Crippen LogP contribution in [-0.2, 0) is 19.2 Å². The van der Waals surface area contributed by atoms with Crippen molar-refractivity contribution in [3.8, 4) is 5.75 Å². The number of hydrogen-bond acceptors (Lipinski definition) is 6. The van der Waals surface area contributed by atoms with Crippen LogP contribution < -0.4 is 20.7 Å². The van der Waals surface area contributed by atoms with E-state index in [0.29, 0.717) is 37.4 Å². The summed E-state index contributed by atoms with van der Waals surface area (Å²) in [4.78, 5) is 70.5. The first kappa shape index (κ1) is 26.3. The molecule has 2 saturated carbocycles. The lowest BCUT2D eigenvalue weighted by Crippen LogP contribution is -2.58. The highest BCUT2D eigenvalue weighted by Crippen LogP contribution is 2.55. The van der Waals surface area contributed by atoms with Gasteiger partial charge in [-0.3, -0.25) is 24.0 Å². The number of nitrogens with one attached hydrogen (secondary N) is 4. The Bertz CT molecular complexity index is 1380. The van der Waals surface area contributed by atoms with Crippen molar-refractivity contribution in [2.75, 3.05) is 20.2 Å². The topological polar surface area (TPSA) is 150 Å². The number of piperidine rings is 1. The van der Waals surface area contributed by atoms with Crippen molar-refractivity contribution in [1.82, 2.24) is 25.8 Å². The third-order valence-corrected chi connectivity index (χ3v) is 8.93. The number of rotatable bonds is 9. The summed E-state index contributed by atoms with van der Waals surface area (Å²) in [6.45, 7) is 0.907. The number of amides is 4. The van der Waals surface area contributed by atoms with Crippen molar-refractivity contribution < 1.29 is 28.7 Å². The van der Waals surface area contributed by atoms with Crippen molar-refractivity contribution in [2.45, 2.75) is 69.5 Å². The highest BCUT2D eigenvalue weighted by molar-refractivity contribution is 6.38. The maximum Gasteiger partial charge on any atom is 0.289 e. The van der Waals surface area contributed by atoms with Crippen molar-refractivity contribution in [3.63, 3.8) is 0 Å². The highest BCUT2D eigenvalue weighted by atomic mass is 16.5. The van der Waals surface area contributed by atoms with Gasteiger partial charge in [-0.25, -0.2) is 0 Å². The van der Waals surface area contributed by atoms with Gasteiger partial charge in [0.1, 0.15) is 17.5 Å². The van der Waals surface area contributed by atoms with Crippen LogP contribution in [-0.4, -0.2) is 77.6 Å². The van der Waals surface area contributed by atoms with E-state index in [0.717, 1.165) is 43.0 Å². The molecule has 0 radical (unpaired) electrons. The van der Waals surface area contributed by atoms with Crippen LogP contribution in [0, 0.1) is 11.3 Å². The lowest BCUT2D eigenvalue weighted by atomic mass is 9.86. The van der Waals surface area contributed by atoms with Crippen molar-refractivity contribution >= 4 is 40.3 Å². The highest BCUT2D eigenvalue weighted by Gasteiger charge is 2.51. The fourth-order valence-electron chi connectivity index (χ4n) is 6.12. The molecule has 4 fully saturated rings. The molecule has 4 aliphatic rings. The molecule has 2 aliphatic carbocycles. The molecule has 11 heteroatoms. The van der Waals surface area contributed by atoms with Gasteiger partial charge in [0.2, 0.25) is 17.6 Å². The van der Waals surface area contributed by atoms with Gasteiger partial charge < -0.3 is 30.6 Å². The SMILES string of the molecule is COc1cccc2[nH]c(C(=O)N3CCC4(CC4)C[C@H]3C(=O)NC(C[C@@H]3CCNC3=O)C(=O)C(=O)NC3CC3)cc12. The number of aromatic nitrogens is 1. The van der Waals surface area contributed by atoms with E-state index in [1.807, 2.05) is 18.2 Å². The third-order valence-electron chi connectivity index (χ3n) is 8.93. The number of methoxy groups -OCH3 is 1. The number of ether oxygens (including phenoxy) is 1. The summed E-state index contributed by atoms with van der Waals surface area (Å²) in [5.74, 6) is -2.29. The van der Waals surface area contributed by atoms with Crippen LogP contribution in [0.15, 0.2) is 24.3 Å². The van der Waals surface area contributed by atoms with Crippen LogP contribution in [0.5, 0.6) is 5.75 Å². The zero-order valence-corrected chi connectivity index (χ0v) is 22.6. The van der Waals surface area contributed by atoms with Gasteiger partial charge in [-0.2, -0.15) is 0 Å². The predicted molar refractivity (Wildman–Crippen MR) is 144 cm³/mol. The summed E-state index contributed by atoms with van der Waals surface area (Å²) in [6.07, 6.45) is 5.51. The molecule has 4 amide bonds. The van der Waals surface area contributed by atoms with Gasteiger partial charge in [0.15, 0.2) is 0 Å². The summed E-state index contributed by atoms with van der Waals surface area (Å²) >= 11 is 0. The zero-order chi connectivity index (χ0) is 28.0. The Labute approximate surface area is 231 Å². The summed E-state index contributed by atoms with van der Waals surface area (Å²) in [7, 11) is 1.57. The predicted octanol–water partition coefficient (Wildman–Crippen LogP) is 1.42. The minimum atomic E-state index is -1.15. The Balaban J connectivity index is 1.24. The van der Waals surface area contributed by atoms with E-state index in [2.05, 4.69) is 20.9 Å². The van der Waals surface area contributed by atoms with E-state index in [4.69, 9.17) is 4.74 Å². The number of ketones is 1. The van der Waals surface area contributed by atoms with Crippen LogP contribution in [0.2, 0.25) is 0 Å². The molecular formula is C29H35N5O6. The molecule has 11 nitrogen and oxygen atoms in total. The second kappa shape index (κ2) is 10.3. The second-order valence-corrected chi connectivity index (χ2v) is 11.8. The number of hydrogen-bond donors (Lipinski definition) is 4. The van der Waals surface area contributed by atoms with E-state index in [9.17, 15) is 24.0 Å². The smallest absolute Gasteiger partial charge is 0.289 e. The average molecular weight is 550 g/mol. The second-order valence-electron chi connectivity index (χ2n) is 11.8. The van der Waals surface area contributed by atoms with Gasteiger partial charge in [-0.1, -0.05) is 6.07 Å². The number of Topliss-reactive ketones (excluding diaryl/α,β-unsaturated/α-hetero) is 1. The van der Waals surface area contributed by atoms with Gasteiger partial charge in [0, 0.05) is 36.0 Å². The van der Waals surface area contributed by atoms with E-state index < -0.39 is 35.6 Å². The summed E-state index contributed by atoms with van der Waals surface area (Å²) < 4.78 is 5.43. The first-order chi connectivity index (χ1) is 19.3. The Morgan fingerprint density at radius 2 is 1.95 bits per heavy atom. The Morgan fingerprint density at radius 3 is 2.62 bits per heavy atom. The molecule has 1 aromatic carbocycles. The number of carbonyl (C=O) groups is 5. The molecule has 1 aromatic heterocycles. The van der Waals surface area contributed by atoms with Crippen LogP contribution in [0.1, 0.15) is 61.9 Å². The van der Waals surface area contributed by atoms with Crippen molar-refractivity contribution in [3.05, 3.63) is 30.0 Å². The Kier molecular flexibility index (Phi) is 6.75. The Morgan fingerprint density at radius 1 is 1.15 bits per heavy atom. The molecule has 1 spiro atoms. The van der Waals surface area contributed by atoms with Gasteiger partial charge in [-0.15, -0.1) is 0 Å². The monoisotopic (exact) mass is 549 g/mol. The lowest BCUT2D eigenvalue weighted by Gasteiger charge is -2.39. The van der Waals surface area contributed by atoms with Gasteiger partial charge in [0.25, 0.3) is 11.8 Å². The zero-order valence-electron chi connectivity index (χ0n) is 22.6. The van der Waals surface area contributed by atoms with Crippen molar-refractivity contribution in [2.24, 2.45) is 11.3 Å². The van der Waals surface area contributed by atoms with E-state index in [1.54, 1.807) is 18.1 Å². The third kappa shape index (κ3) is 5.16. The number of aromatic amines is 1. The van der Waals surface area contributed by atoms with E-state index in [1.165, 1.54) is 0 Å². The molecule has 6 rings (SSSR count). The fourth-order valence-corrected chi connectivity index (χ4v) is 6.12. The first-order valence-electron chi connectivity index (χ1n) is 14.2. The first-order valence-corrected chi connectivity index (χ1v) is 14.2. The molecule has 0 bridgehead atoms. The van der Waals surface area contributed by atoms with Crippen LogP contribution in [0.4, 0.5) is 0 Å². The summed E-state index contributed by atoms with van der Waals surface area (Å²) in [6, 6.07) is 5.29. The van der Waals surface area contributed by atoms with Crippen LogP contribution >= 0.6 is 0 Å². The number of likely N-dealkylation sites (tertiary alicyclic amines) is 1. The molecule has 212 valence electrons. The molecule has 2 aromatic rings. The van der Waals surface area contributed by atoms with Gasteiger partial charge >= 0.3 is 0 Å². The molecular weight excluding hydrogens is 514 g/mol. The molecule has 40 heavy (non-hydrogen) atoms. The number of nitrogens with zero attached hydrogens (tertiary/aromatic N) is 1. The summed E-state index contributed by atoms with van der Waals surface area (Å²) in [5.41, 5.74) is 1.13. The standard InChI is InChI=1S/C29H35N5O6/c1-40-23-4-2-3-19-18(23)14-21(32-19)28(39)34-12-10-29(8-9-29)15-22(34)26(37)33-20(13-16-7-11-30-25(16)36)24(35)27(38)31-17-5-6-17/h2-4,14,16-17,20,22,32H,5-13,15H2,1H3,(H,30,36)(H,31,38)(H,33,37)/t16-,20?,22-/m0/s1. The van der Waals surface area contributed by atoms with E-state index >= 15 is 0 Å². The molecule has 2 saturated heterocycles. The van der Waals surface area contributed by atoms with Crippen molar-refractivity contribution in [1.29, 1.82) is 0 Å². The van der Waals surface area contributed by atoms with Gasteiger partial charge in [-0.05, 0) is 75.0 Å². The lowest BCUT2D eigenvalue weighted by molar-refractivity contribution is -0.141. The minimum absolute atomic E-state index is 0.0151. The number of carbonyl (C=O) groups excluding carboxylic acids is 5. The number of H-pyrrole nitrogens is 1. The maximum absolute atomic E-state index is 13.8. The van der Waals surface area contributed by atoms with Crippen LogP contribution in [0.25, 0.3) is 10.9 Å². The molecule has 4 N–H and O–H groups in total. The fraction of sp³-hybridized carbons (Fsp3) is 0.552. The molecule has 3 atom stereocenters. The minimum Gasteiger partial charge on any atom is -0.496 e. The molecule has 1 unspecified atom stereocenters. The van der Waals surface area contributed by atoms with Crippen LogP contribution in [0.3, 0.4) is 0 Å². The maximum atomic E-state index is 13.8. The Hall–Kier alpha value is -3.89. The van der Waals surface area contributed by atoms with Gasteiger partial charge in [0.05, 0.1) is 13.2 Å². The average Bonchev–Trinajstić information content (AvgIpc) is 3.84. The largest absolute Gasteiger partial charge is 0.496 e. The number of benzene rings is 1. The molecule has 2 aliphatic heterocycles. The number of fused-ring (bicyclic) bond motifs is 1. The summed E-state index contributed by atoms with van der Waals surface area (Å²) in [5, 5.41) is 9.02. The quantitative estimate of drug-likeness (QED) is 0.348.